The van der Waals surface area contributed by atoms with Gasteiger partial charge in [0.2, 0.25) is 0 Å². The van der Waals surface area contributed by atoms with Gasteiger partial charge < -0.3 is 4.74 Å². The molecule has 1 saturated heterocycles. The van der Waals surface area contributed by atoms with E-state index in [9.17, 15) is 0 Å². The van der Waals surface area contributed by atoms with Gasteiger partial charge in [0.25, 0.3) is 0 Å². The van der Waals surface area contributed by atoms with Gasteiger partial charge in [-0.15, -0.1) is 24.0 Å². The van der Waals surface area contributed by atoms with E-state index >= 15 is 0 Å². The third kappa shape index (κ3) is 3.95. The van der Waals surface area contributed by atoms with Crippen molar-refractivity contribution >= 4 is 24.0 Å². The lowest BCUT2D eigenvalue weighted by Crippen LogP contribution is -2.42. The first-order valence-electron chi connectivity index (χ1n) is 5.32. The first-order chi connectivity index (χ1) is 7.38. The molecule has 16 heavy (non-hydrogen) atoms. The summed E-state index contributed by atoms with van der Waals surface area (Å²) in [5.74, 6) is 0.589. The largest absolute Gasteiger partial charge is 0.374 e. The van der Waals surface area contributed by atoms with Crippen molar-refractivity contribution in [3.8, 4) is 0 Å². The molecule has 1 aromatic carbocycles. The van der Waals surface area contributed by atoms with Gasteiger partial charge in [0.15, 0.2) is 0 Å². The Bertz CT molecular complexity index is 294. The third-order valence-corrected chi connectivity index (χ3v) is 2.99. The molecule has 1 fully saturated rings. The molecule has 90 valence electrons. The highest BCUT2D eigenvalue weighted by Gasteiger charge is 2.19. The normalized spacial score (nSPS) is 21.4. The summed E-state index contributed by atoms with van der Waals surface area (Å²) < 4.78 is 5.52. The van der Waals surface area contributed by atoms with Crippen molar-refractivity contribution in [3.63, 3.8) is 0 Å². The van der Waals surface area contributed by atoms with E-state index in [1.54, 1.807) is 0 Å². The highest BCUT2D eigenvalue weighted by Crippen LogP contribution is 2.10. The summed E-state index contributed by atoms with van der Waals surface area (Å²) in [6, 6.07) is 10.5. The Kier molecular flexibility index (Phi) is 6.14. The number of hydrogen-bond donors (Lipinski definition) is 0. The van der Waals surface area contributed by atoms with Crippen LogP contribution in [-0.4, -0.2) is 36.6 Å². The second-order valence-corrected chi connectivity index (χ2v) is 4.18. The van der Waals surface area contributed by atoms with Crippen LogP contribution >= 0.6 is 24.0 Å². The Morgan fingerprint density at radius 3 is 2.75 bits per heavy atom. The molecule has 2 rings (SSSR count). The molecular formula is C12H17Cl2NO. The highest BCUT2D eigenvalue weighted by atomic mass is 35.5. The summed E-state index contributed by atoms with van der Waals surface area (Å²) in [5.41, 5.74) is 1.35. The van der Waals surface area contributed by atoms with Crippen LogP contribution in [0.3, 0.4) is 0 Å². The summed E-state index contributed by atoms with van der Waals surface area (Å²) in [6.07, 6.45) is 0.198. The molecule has 0 aliphatic carbocycles. The molecule has 0 N–H and O–H groups in total. The van der Waals surface area contributed by atoms with Crippen LogP contribution in [0.4, 0.5) is 0 Å². The first kappa shape index (κ1) is 13.8. The Morgan fingerprint density at radius 1 is 1.31 bits per heavy atom. The maximum absolute atomic E-state index is 5.80. The molecular weight excluding hydrogens is 245 g/mol. The lowest BCUT2D eigenvalue weighted by atomic mass is 10.2. The minimum atomic E-state index is 0. The predicted molar refractivity (Wildman–Crippen MR) is 69.4 cm³/mol. The van der Waals surface area contributed by atoms with E-state index in [2.05, 4.69) is 29.2 Å². The zero-order valence-electron chi connectivity index (χ0n) is 9.14. The molecule has 1 aliphatic heterocycles. The molecule has 1 aliphatic rings. The molecule has 0 saturated carbocycles. The molecule has 2 nitrogen and oxygen atoms in total. The minimum absolute atomic E-state index is 0. The average Bonchev–Trinajstić information content (AvgIpc) is 2.31. The molecule has 1 aromatic rings. The fourth-order valence-electron chi connectivity index (χ4n) is 1.86. The zero-order chi connectivity index (χ0) is 10.5. The predicted octanol–water partition coefficient (Wildman–Crippen LogP) is 2.55. The van der Waals surface area contributed by atoms with E-state index in [1.165, 1.54) is 5.56 Å². The van der Waals surface area contributed by atoms with Crippen LogP contribution in [0.25, 0.3) is 0 Å². The Labute approximate surface area is 108 Å². The number of nitrogens with zero attached hydrogens (tertiary/aromatic N) is 1. The van der Waals surface area contributed by atoms with Crippen LogP contribution in [0.2, 0.25) is 0 Å². The minimum Gasteiger partial charge on any atom is -0.374 e. The summed E-state index contributed by atoms with van der Waals surface area (Å²) in [7, 11) is 0. The Morgan fingerprint density at radius 2 is 2.06 bits per heavy atom. The van der Waals surface area contributed by atoms with Gasteiger partial charge in [-0.25, -0.2) is 0 Å². The molecule has 1 heterocycles. The number of ether oxygens (including phenoxy) is 1. The summed E-state index contributed by atoms with van der Waals surface area (Å²) in [6.45, 7) is 3.74. The van der Waals surface area contributed by atoms with E-state index in [0.29, 0.717) is 5.88 Å². The number of halogens is 2. The van der Waals surface area contributed by atoms with Crippen LogP contribution in [0.5, 0.6) is 0 Å². The van der Waals surface area contributed by atoms with E-state index in [0.717, 1.165) is 26.2 Å². The average molecular weight is 262 g/mol. The van der Waals surface area contributed by atoms with Gasteiger partial charge in [-0.2, -0.15) is 0 Å². The second kappa shape index (κ2) is 7.13. The first-order valence-corrected chi connectivity index (χ1v) is 5.86. The van der Waals surface area contributed by atoms with Gasteiger partial charge in [-0.05, 0) is 5.56 Å². The molecule has 0 radical (unpaired) electrons. The maximum Gasteiger partial charge on any atom is 0.0837 e. The van der Waals surface area contributed by atoms with Crippen LogP contribution < -0.4 is 0 Å². The Hall–Kier alpha value is -0.280. The number of morpholine rings is 1. The van der Waals surface area contributed by atoms with Crippen molar-refractivity contribution in [3.05, 3.63) is 35.9 Å². The molecule has 0 bridgehead atoms. The topological polar surface area (TPSA) is 12.5 Å². The van der Waals surface area contributed by atoms with Gasteiger partial charge >= 0.3 is 0 Å². The zero-order valence-corrected chi connectivity index (χ0v) is 10.7. The quantitative estimate of drug-likeness (QED) is 0.776. The standard InChI is InChI=1S/C12H16ClNO.ClH/c13-8-12-10-14(6-7-15-12)9-11-4-2-1-3-5-11;/h1-5,12H,6-10H2;1H. The molecule has 1 atom stereocenters. The van der Waals surface area contributed by atoms with Crippen molar-refractivity contribution in [2.75, 3.05) is 25.6 Å². The summed E-state index contributed by atoms with van der Waals surface area (Å²) >= 11 is 5.80. The number of hydrogen-bond acceptors (Lipinski definition) is 2. The van der Waals surface area contributed by atoms with Crippen LogP contribution in [0, 0.1) is 0 Å². The molecule has 0 aromatic heterocycles. The van der Waals surface area contributed by atoms with E-state index in [-0.39, 0.29) is 18.5 Å². The number of rotatable bonds is 3. The maximum atomic E-state index is 5.80. The number of benzene rings is 1. The fraction of sp³-hybridized carbons (Fsp3) is 0.500. The van der Waals surface area contributed by atoms with Crippen LogP contribution in [0.1, 0.15) is 5.56 Å². The lowest BCUT2D eigenvalue weighted by Gasteiger charge is -2.31. The highest BCUT2D eigenvalue weighted by molar-refractivity contribution is 6.18. The van der Waals surface area contributed by atoms with Crippen molar-refractivity contribution in [2.24, 2.45) is 0 Å². The summed E-state index contributed by atoms with van der Waals surface area (Å²) in [4.78, 5) is 2.39. The van der Waals surface area contributed by atoms with Gasteiger partial charge in [-0.1, -0.05) is 30.3 Å². The monoisotopic (exact) mass is 261 g/mol. The fourth-order valence-corrected chi connectivity index (χ4v) is 2.05. The van der Waals surface area contributed by atoms with E-state index in [4.69, 9.17) is 16.3 Å². The van der Waals surface area contributed by atoms with Gasteiger partial charge in [0.1, 0.15) is 0 Å². The van der Waals surface area contributed by atoms with E-state index < -0.39 is 0 Å². The molecule has 1 unspecified atom stereocenters. The van der Waals surface area contributed by atoms with Crippen molar-refractivity contribution in [1.82, 2.24) is 4.90 Å². The lowest BCUT2D eigenvalue weighted by molar-refractivity contribution is -0.0193. The molecule has 0 amide bonds. The van der Waals surface area contributed by atoms with Gasteiger partial charge in [-0.3, -0.25) is 4.90 Å². The Balaban J connectivity index is 0.00000128. The smallest absolute Gasteiger partial charge is 0.0837 e. The van der Waals surface area contributed by atoms with E-state index in [1.807, 2.05) is 6.07 Å². The van der Waals surface area contributed by atoms with Crippen molar-refractivity contribution < 1.29 is 4.74 Å². The van der Waals surface area contributed by atoms with Crippen molar-refractivity contribution in [2.45, 2.75) is 12.6 Å². The van der Waals surface area contributed by atoms with Crippen molar-refractivity contribution in [1.29, 1.82) is 0 Å². The van der Waals surface area contributed by atoms with Gasteiger partial charge in [0, 0.05) is 25.5 Å². The number of alkyl halides is 1. The second-order valence-electron chi connectivity index (χ2n) is 3.87. The SMILES string of the molecule is Cl.ClCC1CN(Cc2ccccc2)CCO1. The van der Waals surface area contributed by atoms with Crippen LogP contribution in [-0.2, 0) is 11.3 Å². The molecule has 4 heteroatoms. The van der Waals surface area contributed by atoms with Crippen LogP contribution in [0.15, 0.2) is 30.3 Å². The third-order valence-electron chi connectivity index (χ3n) is 2.64. The molecule has 0 spiro atoms. The van der Waals surface area contributed by atoms with Gasteiger partial charge in [0.05, 0.1) is 12.7 Å². The summed E-state index contributed by atoms with van der Waals surface area (Å²) in [5, 5.41) is 0.